The van der Waals surface area contributed by atoms with Crippen molar-refractivity contribution in [2.45, 2.75) is 54.6 Å². The summed E-state index contributed by atoms with van der Waals surface area (Å²) in [5.74, 6) is -21.1. The molecule has 0 spiro atoms. The first-order valence-electron chi connectivity index (χ1n) is 5.52. The van der Waals surface area contributed by atoms with Crippen molar-refractivity contribution in [1.29, 1.82) is 0 Å². The highest BCUT2D eigenvalue weighted by atomic mass is 127. The Morgan fingerprint density at radius 2 is 1.15 bits per heavy atom. The van der Waals surface area contributed by atoms with Crippen molar-refractivity contribution in [2.75, 3.05) is 0 Å². The first-order valence-corrected chi connectivity index (χ1v) is 6.77. The second-order valence-electron chi connectivity index (χ2n) is 4.21. The van der Waals surface area contributed by atoms with Crippen LogP contribution in [0.2, 0.25) is 0 Å². The van der Waals surface area contributed by atoms with E-state index in [1.807, 2.05) is 0 Å². The molecule has 0 bridgehead atoms. The van der Waals surface area contributed by atoms with Crippen LogP contribution in [0.15, 0.2) is 0 Å². The zero-order valence-electron chi connectivity index (χ0n) is 10.3. The Labute approximate surface area is 123 Å². The summed E-state index contributed by atoms with van der Waals surface area (Å²) in [4.78, 5) is 0. The smallest absolute Gasteiger partial charge is 0.199 e. The molecule has 2 atom stereocenters. The van der Waals surface area contributed by atoms with Crippen molar-refractivity contribution in [3.63, 3.8) is 0 Å². The first kappa shape index (κ1) is 20.1. The van der Waals surface area contributed by atoms with Crippen molar-refractivity contribution >= 4 is 22.6 Å². The lowest BCUT2D eigenvalue weighted by Crippen LogP contribution is -2.63. The Morgan fingerprint density at radius 1 is 0.750 bits per heavy atom. The van der Waals surface area contributed by atoms with Crippen LogP contribution in [0.4, 0.5) is 39.5 Å². The molecule has 0 aliphatic rings. The Balaban J connectivity index is 5.78. The molecule has 0 aromatic carbocycles. The van der Waals surface area contributed by atoms with E-state index in [1.165, 1.54) is 29.5 Å². The van der Waals surface area contributed by atoms with E-state index in [2.05, 4.69) is 0 Å². The van der Waals surface area contributed by atoms with Crippen LogP contribution in [-0.4, -0.2) is 27.9 Å². The second-order valence-corrected chi connectivity index (χ2v) is 5.81. The lowest BCUT2D eigenvalue weighted by molar-refractivity contribution is -0.403. The minimum atomic E-state index is -6.80. The van der Waals surface area contributed by atoms with E-state index in [1.54, 1.807) is 0 Å². The van der Waals surface area contributed by atoms with Crippen LogP contribution >= 0.6 is 22.6 Å². The third kappa shape index (κ3) is 3.13. The maximum Gasteiger partial charge on any atom is 0.460 e. The van der Waals surface area contributed by atoms with Gasteiger partial charge in [-0.05, 0) is 12.8 Å². The monoisotopic (exact) mass is 430 g/mol. The molecule has 2 unspecified atom stereocenters. The normalized spacial score (nSPS) is 18.0. The van der Waals surface area contributed by atoms with Gasteiger partial charge in [-0.1, -0.05) is 36.4 Å². The van der Waals surface area contributed by atoms with Gasteiger partial charge in [0.15, 0.2) is 0 Å². The average molecular weight is 430 g/mol. The molecule has 0 amide bonds. The molecule has 0 fully saturated rings. The van der Waals surface area contributed by atoms with Gasteiger partial charge in [-0.3, -0.25) is 0 Å². The third-order valence-electron chi connectivity index (χ3n) is 2.90. The predicted octanol–water partition coefficient (Wildman–Crippen LogP) is 5.69. The molecule has 0 nitrogen and oxygen atoms in total. The van der Waals surface area contributed by atoms with E-state index in [4.69, 9.17) is 0 Å². The standard InChI is InChI=1S/C10H12F9I/c1-3-5(6(20)4-2)7(11,12)8(13,14)9(15,16)10(17,18)19/h5-6H,3-4H2,1-2H3. The number of rotatable bonds is 6. The molecule has 122 valence electrons. The van der Waals surface area contributed by atoms with Crippen LogP contribution in [0.1, 0.15) is 26.7 Å². The average Bonchev–Trinajstić information content (AvgIpc) is 2.27. The fraction of sp³-hybridized carbons (Fsp3) is 1.00. The Hall–Kier alpha value is 0.1000. The van der Waals surface area contributed by atoms with Crippen LogP contribution in [0.5, 0.6) is 0 Å². The van der Waals surface area contributed by atoms with E-state index in [0.717, 1.165) is 6.92 Å². The summed E-state index contributed by atoms with van der Waals surface area (Å²) in [6.07, 6.45) is -7.48. The Kier molecular flexibility index (Phi) is 6.10. The molecule has 0 aliphatic carbocycles. The van der Waals surface area contributed by atoms with Crippen LogP contribution in [-0.2, 0) is 0 Å². The van der Waals surface area contributed by atoms with E-state index >= 15 is 0 Å². The van der Waals surface area contributed by atoms with Crippen LogP contribution < -0.4 is 0 Å². The van der Waals surface area contributed by atoms with Crippen molar-refractivity contribution in [2.24, 2.45) is 5.92 Å². The molecule has 0 aromatic rings. The lowest BCUT2D eigenvalue weighted by atomic mass is 9.86. The van der Waals surface area contributed by atoms with Crippen molar-refractivity contribution in [3.8, 4) is 0 Å². The van der Waals surface area contributed by atoms with E-state index in [9.17, 15) is 39.5 Å². The molecule has 0 saturated heterocycles. The molecule has 0 saturated carbocycles. The number of halogens is 10. The highest BCUT2D eigenvalue weighted by Crippen LogP contribution is 2.56. The van der Waals surface area contributed by atoms with E-state index in [-0.39, 0.29) is 6.42 Å². The molecule has 10 heteroatoms. The Morgan fingerprint density at radius 3 is 1.40 bits per heavy atom. The first-order chi connectivity index (χ1) is 8.68. The van der Waals surface area contributed by atoms with Crippen LogP contribution in [0.3, 0.4) is 0 Å². The highest BCUT2D eigenvalue weighted by Gasteiger charge is 2.82. The molecular weight excluding hydrogens is 418 g/mol. The SMILES string of the molecule is CCC(I)C(CC)C(F)(F)C(F)(F)C(F)(F)C(F)(F)F. The van der Waals surface area contributed by atoms with Gasteiger partial charge in [0.2, 0.25) is 0 Å². The van der Waals surface area contributed by atoms with Crippen molar-refractivity contribution in [3.05, 3.63) is 0 Å². The minimum absolute atomic E-state index is 0.0671. The van der Waals surface area contributed by atoms with Gasteiger partial charge in [-0.25, -0.2) is 0 Å². The summed E-state index contributed by atoms with van der Waals surface area (Å²) in [5.41, 5.74) is 0. The van der Waals surface area contributed by atoms with Gasteiger partial charge in [0.25, 0.3) is 0 Å². The maximum atomic E-state index is 13.6. The van der Waals surface area contributed by atoms with Crippen LogP contribution in [0.25, 0.3) is 0 Å². The topological polar surface area (TPSA) is 0 Å². The summed E-state index contributed by atoms with van der Waals surface area (Å²) in [6.45, 7) is 2.37. The maximum absolute atomic E-state index is 13.6. The lowest BCUT2D eigenvalue weighted by Gasteiger charge is -2.38. The zero-order chi connectivity index (χ0) is 16.6. The second kappa shape index (κ2) is 6.07. The largest absolute Gasteiger partial charge is 0.460 e. The quantitative estimate of drug-likeness (QED) is 0.289. The van der Waals surface area contributed by atoms with Gasteiger partial charge in [0.1, 0.15) is 0 Å². The van der Waals surface area contributed by atoms with Gasteiger partial charge in [0.05, 0.1) is 0 Å². The third-order valence-corrected chi connectivity index (χ3v) is 4.65. The summed E-state index contributed by atoms with van der Waals surface area (Å²) in [7, 11) is 0. The zero-order valence-corrected chi connectivity index (χ0v) is 12.5. The van der Waals surface area contributed by atoms with Crippen molar-refractivity contribution in [1.82, 2.24) is 0 Å². The van der Waals surface area contributed by atoms with Crippen molar-refractivity contribution < 1.29 is 39.5 Å². The summed E-state index contributed by atoms with van der Waals surface area (Å²) in [6, 6.07) is 0. The molecule has 0 aromatic heterocycles. The highest BCUT2D eigenvalue weighted by molar-refractivity contribution is 14.1. The van der Waals surface area contributed by atoms with Gasteiger partial charge < -0.3 is 0 Å². The van der Waals surface area contributed by atoms with E-state index < -0.39 is 40.2 Å². The van der Waals surface area contributed by atoms with E-state index in [0.29, 0.717) is 0 Å². The molecule has 0 rings (SSSR count). The molecule has 20 heavy (non-hydrogen) atoms. The molecule has 0 heterocycles. The van der Waals surface area contributed by atoms with Gasteiger partial charge >= 0.3 is 23.9 Å². The van der Waals surface area contributed by atoms with Gasteiger partial charge in [-0.15, -0.1) is 0 Å². The number of hydrogen-bond acceptors (Lipinski definition) is 0. The number of alkyl halides is 10. The molecule has 0 aliphatic heterocycles. The summed E-state index contributed by atoms with van der Waals surface area (Å²) >= 11 is 1.34. The molecule has 0 N–H and O–H groups in total. The van der Waals surface area contributed by atoms with Crippen LogP contribution in [0, 0.1) is 5.92 Å². The summed E-state index contributed by atoms with van der Waals surface area (Å²) in [5, 5.41) is 0. The molecule has 0 radical (unpaired) electrons. The number of hydrogen-bond donors (Lipinski definition) is 0. The fourth-order valence-corrected chi connectivity index (χ4v) is 2.60. The summed E-state index contributed by atoms with van der Waals surface area (Å²) < 4.78 is 114. The minimum Gasteiger partial charge on any atom is -0.199 e. The van der Waals surface area contributed by atoms with Gasteiger partial charge in [-0.2, -0.15) is 39.5 Å². The predicted molar refractivity (Wildman–Crippen MR) is 62.8 cm³/mol. The Bertz CT molecular complexity index is 323. The van der Waals surface area contributed by atoms with Gasteiger partial charge in [0, 0.05) is 9.84 Å². The fourth-order valence-electron chi connectivity index (χ4n) is 1.64. The molecular formula is C10H12F9I.